The standard InChI is InChI=1S/C11H20N4S/c1-9(2)6-15-11(13-8-14-15)5-12-10-3-4-16-7-10/h8-10,12H,3-7H2,1-2H3. The number of aromatic nitrogens is 3. The SMILES string of the molecule is CC(C)Cn1ncnc1CNC1CCSC1. The van der Waals surface area contributed by atoms with Crippen LogP contribution in [-0.2, 0) is 13.1 Å². The zero-order valence-corrected chi connectivity index (χ0v) is 10.8. The summed E-state index contributed by atoms with van der Waals surface area (Å²) in [6.45, 7) is 6.20. The van der Waals surface area contributed by atoms with Crippen LogP contribution in [0.4, 0.5) is 0 Å². The van der Waals surface area contributed by atoms with Crippen LogP contribution >= 0.6 is 11.8 Å². The largest absolute Gasteiger partial charge is 0.306 e. The van der Waals surface area contributed by atoms with Crippen molar-refractivity contribution in [3.05, 3.63) is 12.2 Å². The molecule has 5 heteroatoms. The predicted octanol–water partition coefficient (Wildman–Crippen LogP) is 1.53. The number of nitrogens with one attached hydrogen (secondary N) is 1. The van der Waals surface area contributed by atoms with Crippen LogP contribution in [0.15, 0.2) is 6.33 Å². The van der Waals surface area contributed by atoms with E-state index in [4.69, 9.17) is 0 Å². The smallest absolute Gasteiger partial charge is 0.140 e. The Labute approximate surface area is 101 Å². The first-order chi connectivity index (χ1) is 7.75. The Bertz CT molecular complexity index is 318. The summed E-state index contributed by atoms with van der Waals surface area (Å²) in [6.07, 6.45) is 2.94. The second-order valence-electron chi connectivity index (χ2n) is 4.69. The van der Waals surface area contributed by atoms with Gasteiger partial charge in [0.1, 0.15) is 12.2 Å². The summed E-state index contributed by atoms with van der Waals surface area (Å²) in [4.78, 5) is 4.31. The number of thioether (sulfide) groups is 1. The van der Waals surface area contributed by atoms with Gasteiger partial charge in [0.25, 0.3) is 0 Å². The maximum atomic E-state index is 4.31. The van der Waals surface area contributed by atoms with Gasteiger partial charge in [-0.2, -0.15) is 16.9 Å². The van der Waals surface area contributed by atoms with E-state index in [9.17, 15) is 0 Å². The quantitative estimate of drug-likeness (QED) is 0.847. The van der Waals surface area contributed by atoms with Gasteiger partial charge in [-0.1, -0.05) is 13.8 Å². The molecule has 1 atom stereocenters. The van der Waals surface area contributed by atoms with Gasteiger partial charge in [0.05, 0.1) is 6.54 Å². The van der Waals surface area contributed by atoms with Gasteiger partial charge in [-0.3, -0.25) is 0 Å². The van der Waals surface area contributed by atoms with E-state index in [1.165, 1.54) is 17.9 Å². The van der Waals surface area contributed by atoms with Gasteiger partial charge >= 0.3 is 0 Å². The van der Waals surface area contributed by atoms with E-state index in [2.05, 4.69) is 29.2 Å². The van der Waals surface area contributed by atoms with Crippen LogP contribution in [0.2, 0.25) is 0 Å². The zero-order chi connectivity index (χ0) is 11.4. The molecule has 0 spiro atoms. The summed E-state index contributed by atoms with van der Waals surface area (Å²) < 4.78 is 2.01. The molecule has 0 bridgehead atoms. The van der Waals surface area contributed by atoms with Crippen molar-refractivity contribution < 1.29 is 0 Å². The number of nitrogens with zero attached hydrogens (tertiary/aromatic N) is 3. The summed E-state index contributed by atoms with van der Waals surface area (Å²) in [5, 5.41) is 7.82. The van der Waals surface area contributed by atoms with Gasteiger partial charge in [-0.05, 0) is 18.1 Å². The Morgan fingerprint density at radius 2 is 2.50 bits per heavy atom. The minimum atomic E-state index is 0.613. The molecule has 1 aromatic heterocycles. The topological polar surface area (TPSA) is 42.7 Å². The highest BCUT2D eigenvalue weighted by Gasteiger charge is 2.15. The van der Waals surface area contributed by atoms with Crippen LogP contribution in [0.25, 0.3) is 0 Å². The molecule has 1 aliphatic heterocycles. The van der Waals surface area contributed by atoms with Crippen molar-refractivity contribution in [1.82, 2.24) is 20.1 Å². The minimum Gasteiger partial charge on any atom is -0.306 e. The van der Waals surface area contributed by atoms with Gasteiger partial charge in [0.2, 0.25) is 0 Å². The number of rotatable bonds is 5. The molecule has 1 N–H and O–H groups in total. The maximum Gasteiger partial charge on any atom is 0.140 e. The van der Waals surface area contributed by atoms with Crippen LogP contribution in [0.5, 0.6) is 0 Å². The molecule has 2 heterocycles. The molecule has 16 heavy (non-hydrogen) atoms. The molecule has 0 saturated carbocycles. The molecule has 1 fully saturated rings. The van der Waals surface area contributed by atoms with E-state index in [0.717, 1.165) is 18.9 Å². The average Bonchev–Trinajstić information content (AvgIpc) is 2.84. The molecule has 90 valence electrons. The van der Waals surface area contributed by atoms with Gasteiger partial charge in [-0.15, -0.1) is 0 Å². The lowest BCUT2D eigenvalue weighted by Gasteiger charge is -2.12. The van der Waals surface area contributed by atoms with Crippen molar-refractivity contribution in [2.75, 3.05) is 11.5 Å². The summed E-state index contributed by atoms with van der Waals surface area (Å²) in [5.74, 6) is 4.20. The summed E-state index contributed by atoms with van der Waals surface area (Å²) in [7, 11) is 0. The highest BCUT2D eigenvalue weighted by atomic mass is 32.2. The van der Waals surface area contributed by atoms with E-state index < -0.39 is 0 Å². The lowest BCUT2D eigenvalue weighted by Crippen LogP contribution is -2.29. The Kier molecular flexibility index (Phi) is 4.23. The Balaban J connectivity index is 1.85. The van der Waals surface area contributed by atoms with E-state index in [0.29, 0.717) is 12.0 Å². The molecule has 1 aliphatic rings. The molecule has 2 rings (SSSR count). The van der Waals surface area contributed by atoms with Gasteiger partial charge in [-0.25, -0.2) is 9.67 Å². The summed E-state index contributed by atoms with van der Waals surface area (Å²) in [5.41, 5.74) is 0. The van der Waals surface area contributed by atoms with Crippen molar-refractivity contribution in [2.45, 2.75) is 39.4 Å². The summed E-state index contributed by atoms with van der Waals surface area (Å²) >= 11 is 2.03. The van der Waals surface area contributed by atoms with Crippen LogP contribution < -0.4 is 5.32 Å². The van der Waals surface area contributed by atoms with Gasteiger partial charge < -0.3 is 5.32 Å². The van der Waals surface area contributed by atoms with E-state index in [1.807, 2.05) is 16.4 Å². The van der Waals surface area contributed by atoms with E-state index >= 15 is 0 Å². The Morgan fingerprint density at radius 1 is 1.62 bits per heavy atom. The first-order valence-electron chi connectivity index (χ1n) is 5.93. The first kappa shape index (κ1) is 11.9. The lowest BCUT2D eigenvalue weighted by atomic mass is 10.2. The number of hydrogen-bond acceptors (Lipinski definition) is 4. The highest BCUT2D eigenvalue weighted by Crippen LogP contribution is 2.17. The fraction of sp³-hybridized carbons (Fsp3) is 0.818. The molecule has 0 amide bonds. The molecule has 0 aliphatic carbocycles. The number of hydrogen-bond donors (Lipinski definition) is 1. The molecule has 0 aromatic carbocycles. The second-order valence-corrected chi connectivity index (χ2v) is 5.84. The van der Waals surface area contributed by atoms with Gasteiger partial charge in [0, 0.05) is 18.3 Å². The van der Waals surface area contributed by atoms with E-state index in [1.54, 1.807) is 6.33 Å². The molecule has 0 radical (unpaired) electrons. The van der Waals surface area contributed by atoms with Crippen molar-refractivity contribution in [3.63, 3.8) is 0 Å². The van der Waals surface area contributed by atoms with E-state index in [-0.39, 0.29) is 0 Å². The minimum absolute atomic E-state index is 0.613. The average molecular weight is 240 g/mol. The van der Waals surface area contributed by atoms with Crippen molar-refractivity contribution >= 4 is 11.8 Å². The van der Waals surface area contributed by atoms with Crippen LogP contribution in [0, 0.1) is 5.92 Å². The van der Waals surface area contributed by atoms with Crippen molar-refractivity contribution in [2.24, 2.45) is 5.92 Å². The Morgan fingerprint density at radius 3 is 3.19 bits per heavy atom. The van der Waals surface area contributed by atoms with Crippen LogP contribution in [0.1, 0.15) is 26.1 Å². The van der Waals surface area contributed by atoms with Crippen molar-refractivity contribution in [3.8, 4) is 0 Å². The molecular formula is C11H20N4S. The molecular weight excluding hydrogens is 220 g/mol. The second kappa shape index (κ2) is 5.68. The van der Waals surface area contributed by atoms with Crippen LogP contribution in [-0.4, -0.2) is 32.3 Å². The third kappa shape index (κ3) is 3.22. The predicted molar refractivity (Wildman–Crippen MR) is 67.4 cm³/mol. The Hall–Kier alpha value is -0.550. The highest BCUT2D eigenvalue weighted by molar-refractivity contribution is 7.99. The zero-order valence-electron chi connectivity index (χ0n) is 10.0. The maximum absolute atomic E-state index is 4.31. The third-order valence-electron chi connectivity index (χ3n) is 2.71. The summed E-state index contributed by atoms with van der Waals surface area (Å²) in [6, 6.07) is 0.661. The third-order valence-corrected chi connectivity index (χ3v) is 3.87. The fourth-order valence-corrected chi connectivity index (χ4v) is 3.04. The van der Waals surface area contributed by atoms with Crippen molar-refractivity contribution in [1.29, 1.82) is 0 Å². The van der Waals surface area contributed by atoms with Crippen LogP contribution in [0.3, 0.4) is 0 Å². The first-order valence-corrected chi connectivity index (χ1v) is 7.09. The normalized spacial score (nSPS) is 20.8. The molecule has 1 aromatic rings. The monoisotopic (exact) mass is 240 g/mol. The lowest BCUT2D eigenvalue weighted by molar-refractivity contribution is 0.448. The molecule has 1 saturated heterocycles. The molecule has 4 nitrogen and oxygen atoms in total. The van der Waals surface area contributed by atoms with Gasteiger partial charge in [0.15, 0.2) is 0 Å². The fourth-order valence-electron chi connectivity index (χ4n) is 1.85. The molecule has 1 unspecified atom stereocenters.